The van der Waals surface area contributed by atoms with Gasteiger partial charge in [-0.25, -0.2) is 9.59 Å². The van der Waals surface area contributed by atoms with Gasteiger partial charge in [-0.05, 0) is 56.7 Å². The number of amides is 3. The summed E-state index contributed by atoms with van der Waals surface area (Å²) in [5.74, 6) is -0.593. The molecule has 39 heavy (non-hydrogen) atoms. The van der Waals surface area contributed by atoms with E-state index in [9.17, 15) is 14.4 Å². The van der Waals surface area contributed by atoms with E-state index in [4.69, 9.17) is 39.5 Å². The maximum atomic E-state index is 13.4. The molecule has 1 saturated heterocycles. The summed E-state index contributed by atoms with van der Waals surface area (Å²) < 4.78 is 5.45. The fourth-order valence-corrected chi connectivity index (χ4v) is 5.63. The van der Waals surface area contributed by atoms with Crippen molar-refractivity contribution in [3.63, 3.8) is 0 Å². The number of hydrogen-bond acceptors (Lipinski definition) is 5. The van der Waals surface area contributed by atoms with Crippen LogP contribution in [0, 0.1) is 0 Å². The Morgan fingerprint density at radius 2 is 1.77 bits per heavy atom. The number of benzene rings is 2. The van der Waals surface area contributed by atoms with E-state index in [-0.39, 0.29) is 29.6 Å². The highest BCUT2D eigenvalue weighted by molar-refractivity contribution is 6.42. The zero-order chi connectivity index (χ0) is 28.3. The Kier molecular flexibility index (Phi) is 9.43. The van der Waals surface area contributed by atoms with Crippen LogP contribution >= 0.6 is 34.8 Å². The number of carbonyl (C=O) groups excluding carboxylic acids is 3. The zero-order valence-corrected chi connectivity index (χ0v) is 24.3. The second-order valence-corrected chi connectivity index (χ2v) is 10.7. The van der Waals surface area contributed by atoms with Gasteiger partial charge in [0.05, 0.1) is 28.3 Å². The summed E-state index contributed by atoms with van der Waals surface area (Å²) in [6.45, 7) is 8.02. The predicted octanol–water partition coefficient (Wildman–Crippen LogP) is 5.40. The second-order valence-electron chi connectivity index (χ2n) is 9.44. The van der Waals surface area contributed by atoms with Crippen molar-refractivity contribution in [1.29, 1.82) is 0 Å². The van der Waals surface area contributed by atoms with Gasteiger partial charge in [-0.15, -0.1) is 0 Å². The van der Waals surface area contributed by atoms with Crippen LogP contribution in [-0.4, -0.2) is 78.0 Å². The Balaban J connectivity index is 1.65. The third kappa shape index (κ3) is 6.19. The molecule has 2 aliphatic heterocycles. The highest BCUT2D eigenvalue weighted by Crippen LogP contribution is 2.38. The molecule has 0 unspecified atom stereocenters. The fourth-order valence-electron chi connectivity index (χ4n) is 5.08. The number of nitrogens with zero attached hydrogens (tertiary/aromatic N) is 3. The molecule has 0 aliphatic carbocycles. The number of hydrogen-bond donors (Lipinski definition) is 1. The van der Waals surface area contributed by atoms with Crippen molar-refractivity contribution in [3.8, 4) is 0 Å². The van der Waals surface area contributed by atoms with E-state index >= 15 is 0 Å². The summed E-state index contributed by atoms with van der Waals surface area (Å²) >= 11 is 18.8. The molecule has 0 bridgehead atoms. The van der Waals surface area contributed by atoms with Crippen LogP contribution in [0.3, 0.4) is 0 Å². The first-order valence-corrected chi connectivity index (χ1v) is 14.0. The van der Waals surface area contributed by atoms with E-state index in [1.54, 1.807) is 54.3 Å². The van der Waals surface area contributed by atoms with Gasteiger partial charge < -0.3 is 15.0 Å². The largest absolute Gasteiger partial charge is 0.463 e. The Morgan fingerprint density at radius 3 is 2.41 bits per heavy atom. The minimum atomic E-state index is -0.828. The van der Waals surface area contributed by atoms with Gasteiger partial charge in [-0.2, -0.15) is 0 Å². The van der Waals surface area contributed by atoms with Crippen LogP contribution in [-0.2, 0) is 9.53 Å². The highest BCUT2D eigenvalue weighted by Gasteiger charge is 2.40. The number of carbonyl (C=O) groups is 3. The van der Waals surface area contributed by atoms with E-state index in [2.05, 4.69) is 10.2 Å². The van der Waals surface area contributed by atoms with Gasteiger partial charge in [-0.1, -0.05) is 46.9 Å². The molecule has 0 saturated carbocycles. The van der Waals surface area contributed by atoms with Gasteiger partial charge in [0.25, 0.3) is 5.91 Å². The third-order valence-electron chi connectivity index (χ3n) is 6.98. The summed E-state index contributed by atoms with van der Waals surface area (Å²) in [4.78, 5) is 45.3. The molecule has 0 aromatic heterocycles. The second kappa shape index (κ2) is 12.6. The lowest BCUT2D eigenvalue weighted by molar-refractivity contribution is -0.139. The quantitative estimate of drug-likeness (QED) is 0.435. The lowest BCUT2D eigenvalue weighted by atomic mass is 9.93. The number of nitrogens with one attached hydrogen (secondary N) is 1. The molecule has 208 valence electrons. The summed E-state index contributed by atoms with van der Waals surface area (Å²) in [6.07, 6.45) is 0. The molecule has 0 spiro atoms. The molecule has 2 aromatic carbocycles. The van der Waals surface area contributed by atoms with Crippen molar-refractivity contribution >= 4 is 52.7 Å². The lowest BCUT2D eigenvalue weighted by Crippen LogP contribution is -2.56. The first kappa shape index (κ1) is 29.2. The number of urea groups is 1. The number of rotatable bonds is 7. The van der Waals surface area contributed by atoms with Crippen LogP contribution in [0.15, 0.2) is 53.7 Å². The molecule has 3 amide bonds. The van der Waals surface area contributed by atoms with Gasteiger partial charge in [0.15, 0.2) is 0 Å². The Hall–Kier alpha value is -2.78. The molecular formula is C28H31Cl3N4O4. The van der Waals surface area contributed by atoms with Crippen molar-refractivity contribution in [1.82, 2.24) is 20.0 Å². The molecular weight excluding hydrogens is 563 g/mol. The summed E-state index contributed by atoms with van der Waals surface area (Å²) in [6, 6.07) is 10.7. The normalized spacial score (nSPS) is 20.2. The van der Waals surface area contributed by atoms with Crippen LogP contribution in [0.25, 0.3) is 0 Å². The van der Waals surface area contributed by atoms with Crippen molar-refractivity contribution in [2.75, 3.05) is 39.3 Å². The number of halogens is 3. The molecule has 2 aromatic rings. The van der Waals surface area contributed by atoms with Crippen molar-refractivity contribution < 1.29 is 19.1 Å². The first-order chi connectivity index (χ1) is 18.7. The van der Waals surface area contributed by atoms with E-state index in [1.165, 1.54) is 0 Å². The molecule has 2 heterocycles. The maximum absolute atomic E-state index is 13.4. The average molecular weight is 594 g/mol. The summed E-state index contributed by atoms with van der Waals surface area (Å²) in [5, 5.41) is 4.07. The minimum absolute atomic E-state index is 0.0619. The third-order valence-corrected chi connectivity index (χ3v) is 8.06. The van der Waals surface area contributed by atoms with Crippen LogP contribution in [0.2, 0.25) is 15.1 Å². The molecule has 2 atom stereocenters. The van der Waals surface area contributed by atoms with Crippen LogP contribution < -0.4 is 5.32 Å². The standard InChI is InChI=1S/C28H31Cl3N4O4/c1-4-34-22(16-33-13-14-35(17(3)15-33)26(36)18-9-11-19(29)12-10-18)23(27(37)39-5-2)25(32-28(34)38)20-7-6-8-21(30)24(20)31/h6-12,17,25H,4-5,13-16H2,1-3H3,(H,32,38)/t17-,25+/m1/s1. The molecule has 1 fully saturated rings. The number of piperazine rings is 1. The van der Waals surface area contributed by atoms with Gasteiger partial charge in [0.2, 0.25) is 0 Å². The van der Waals surface area contributed by atoms with Gasteiger partial charge in [0, 0.05) is 55.0 Å². The smallest absolute Gasteiger partial charge is 0.338 e. The zero-order valence-electron chi connectivity index (χ0n) is 22.0. The number of ether oxygens (including phenoxy) is 1. The first-order valence-electron chi connectivity index (χ1n) is 12.9. The van der Waals surface area contributed by atoms with Gasteiger partial charge in [-0.3, -0.25) is 14.6 Å². The summed E-state index contributed by atoms with van der Waals surface area (Å²) in [5.41, 5.74) is 1.95. The molecule has 1 N–H and O–H groups in total. The van der Waals surface area contributed by atoms with Gasteiger partial charge >= 0.3 is 12.0 Å². The maximum Gasteiger partial charge on any atom is 0.338 e. The number of esters is 1. The lowest BCUT2D eigenvalue weighted by Gasteiger charge is -2.43. The predicted molar refractivity (Wildman–Crippen MR) is 152 cm³/mol. The molecule has 8 nitrogen and oxygen atoms in total. The topological polar surface area (TPSA) is 82.2 Å². The average Bonchev–Trinajstić information content (AvgIpc) is 2.90. The SMILES string of the molecule is CCOC(=O)C1=C(CN2CCN(C(=O)c3ccc(Cl)cc3)[C@H](C)C2)N(CC)C(=O)N[C@H]1c1cccc(Cl)c1Cl. The number of likely N-dealkylation sites (N-methyl/N-ethyl adjacent to an activating group) is 1. The van der Waals surface area contributed by atoms with Gasteiger partial charge in [0.1, 0.15) is 0 Å². The van der Waals surface area contributed by atoms with Crippen molar-refractivity contribution in [2.45, 2.75) is 32.9 Å². The Labute approximate surface area is 243 Å². The van der Waals surface area contributed by atoms with Crippen LogP contribution in [0.4, 0.5) is 4.79 Å². The van der Waals surface area contributed by atoms with Crippen LogP contribution in [0.5, 0.6) is 0 Å². The Bertz CT molecular complexity index is 1280. The van der Waals surface area contributed by atoms with E-state index in [1.807, 2.05) is 18.7 Å². The van der Waals surface area contributed by atoms with Crippen molar-refractivity contribution in [3.05, 3.63) is 79.9 Å². The molecule has 0 radical (unpaired) electrons. The fraction of sp³-hybridized carbons (Fsp3) is 0.393. The van der Waals surface area contributed by atoms with Crippen LogP contribution in [0.1, 0.15) is 42.7 Å². The monoisotopic (exact) mass is 592 g/mol. The molecule has 11 heteroatoms. The Morgan fingerprint density at radius 1 is 1.05 bits per heavy atom. The molecule has 4 rings (SSSR count). The van der Waals surface area contributed by atoms with E-state index in [0.717, 1.165) is 0 Å². The van der Waals surface area contributed by atoms with E-state index < -0.39 is 12.0 Å². The highest BCUT2D eigenvalue weighted by atomic mass is 35.5. The van der Waals surface area contributed by atoms with Crippen molar-refractivity contribution in [2.24, 2.45) is 0 Å². The summed E-state index contributed by atoms with van der Waals surface area (Å²) in [7, 11) is 0. The van der Waals surface area contributed by atoms with E-state index in [0.29, 0.717) is 65.2 Å². The molecule has 2 aliphatic rings. The minimum Gasteiger partial charge on any atom is -0.463 e.